The van der Waals surface area contributed by atoms with Crippen molar-refractivity contribution in [2.24, 2.45) is 0 Å². The topological polar surface area (TPSA) is 12.0 Å². The number of hydrogen-bond acceptors (Lipinski definition) is 1. The molecule has 8 heavy (non-hydrogen) atoms. The molecule has 1 nitrogen and oxygen atoms in total. The zero-order chi connectivity index (χ0) is 6.24. The maximum absolute atomic E-state index is 3.55. The maximum Gasteiger partial charge on any atom is -0.00172 e. The van der Waals surface area contributed by atoms with Crippen molar-refractivity contribution in [1.82, 2.24) is 5.32 Å². The molecule has 1 N–H and O–H groups in total. The highest BCUT2D eigenvalue weighted by Crippen LogP contribution is 1.78. The maximum atomic E-state index is 3.55. The molecule has 0 spiro atoms. The van der Waals surface area contributed by atoms with E-state index >= 15 is 0 Å². The molecule has 0 aromatic heterocycles. The van der Waals surface area contributed by atoms with Gasteiger partial charge >= 0.3 is 0 Å². The SMILES string of the molecule is C=C/C=C\CCNC. The van der Waals surface area contributed by atoms with Gasteiger partial charge in [0.25, 0.3) is 0 Å². The van der Waals surface area contributed by atoms with Gasteiger partial charge in [-0.1, -0.05) is 24.8 Å². The van der Waals surface area contributed by atoms with Gasteiger partial charge < -0.3 is 5.32 Å². The predicted octanol–water partition coefficient (Wildman–Crippen LogP) is 1.34. The molecule has 0 aromatic rings. The molecule has 0 aromatic carbocycles. The van der Waals surface area contributed by atoms with Gasteiger partial charge in [0.15, 0.2) is 0 Å². The molecule has 0 saturated heterocycles. The largest absolute Gasteiger partial charge is 0.319 e. The van der Waals surface area contributed by atoms with E-state index in [2.05, 4.69) is 18.0 Å². The highest BCUT2D eigenvalue weighted by Gasteiger charge is 1.71. The van der Waals surface area contributed by atoms with Crippen LogP contribution in [-0.4, -0.2) is 13.6 Å². The zero-order valence-electron chi connectivity index (χ0n) is 5.35. The Bertz CT molecular complexity index is 74.5. The minimum Gasteiger partial charge on any atom is -0.319 e. The molecule has 0 aliphatic carbocycles. The summed E-state index contributed by atoms with van der Waals surface area (Å²) >= 11 is 0. The Morgan fingerprint density at radius 3 is 2.88 bits per heavy atom. The van der Waals surface area contributed by atoms with Gasteiger partial charge in [-0.25, -0.2) is 0 Å². The van der Waals surface area contributed by atoms with Crippen molar-refractivity contribution in [2.45, 2.75) is 6.42 Å². The molecule has 0 aliphatic heterocycles. The highest BCUT2D eigenvalue weighted by atomic mass is 14.8. The van der Waals surface area contributed by atoms with Crippen LogP contribution in [0.5, 0.6) is 0 Å². The van der Waals surface area contributed by atoms with Gasteiger partial charge in [0.2, 0.25) is 0 Å². The summed E-state index contributed by atoms with van der Waals surface area (Å²) in [4.78, 5) is 0. The molecule has 1 heteroatoms. The average molecular weight is 111 g/mol. The third-order valence-corrected chi connectivity index (χ3v) is 0.833. The van der Waals surface area contributed by atoms with E-state index in [4.69, 9.17) is 0 Å². The third kappa shape index (κ3) is 5.44. The van der Waals surface area contributed by atoms with E-state index in [1.54, 1.807) is 6.08 Å². The number of rotatable bonds is 4. The minimum atomic E-state index is 1.05. The lowest BCUT2D eigenvalue weighted by Gasteiger charge is -1.88. The number of allylic oxidation sites excluding steroid dienone is 2. The Kier molecular flexibility index (Phi) is 5.99. The molecule has 0 heterocycles. The van der Waals surface area contributed by atoms with Crippen LogP contribution in [0.15, 0.2) is 24.8 Å². The van der Waals surface area contributed by atoms with Gasteiger partial charge in [-0.3, -0.25) is 0 Å². The van der Waals surface area contributed by atoms with Gasteiger partial charge in [0.1, 0.15) is 0 Å². The van der Waals surface area contributed by atoms with Crippen LogP contribution in [0.25, 0.3) is 0 Å². The molecule has 0 fully saturated rings. The van der Waals surface area contributed by atoms with Crippen LogP contribution in [-0.2, 0) is 0 Å². The fourth-order valence-electron chi connectivity index (χ4n) is 0.420. The number of hydrogen-bond donors (Lipinski definition) is 1. The molecule has 0 radical (unpaired) electrons. The summed E-state index contributed by atoms with van der Waals surface area (Å²) in [6, 6.07) is 0. The molecule has 46 valence electrons. The van der Waals surface area contributed by atoms with Gasteiger partial charge in [-0.15, -0.1) is 0 Å². The highest BCUT2D eigenvalue weighted by molar-refractivity contribution is 4.96. The van der Waals surface area contributed by atoms with E-state index in [0.717, 1.165) is 13.0 Å². The monoisotopic (exact) mass is 111 g/mol. The Morgan fingerprint density at radius 2 is 2.38 bits per heavy atom. The van der Waals surface area contributed by atoms with Crippen LogP contribution in [0.3, 0.4) is 0 Å². The smallest absolute Gasteiger partial charge is 0.00172 e. The summed E-state index contributed by atoms with van der Waals surface area (Å²) in [5.41, 5.74) is 0. The quantitative estimate of drug-likeness (QED) is 0.426. The second-order valence-corrected chi connectivity index (χ2v) is 1.56. The molecule has 0 aliphatic rings. The first-order valence-electron chi connectivity index (χ1n) is 2.84. The first-order valence-corrected chi connectivity index (χ1v) is 2.84. The minimum absolute atomic E-state index is 1.05. The third-order valence-electron chi connectivity index (χ3n) is 0.833. The molecule has 0 amide bonds. The molecule has 0 atom stereocenters. The van der Waals surface area contributed by atoms with Crippen molar-refractivity contribution in [1.29, 1.82) is 0 Å². The molecule has 0 bridgehead atoms. The zero-order valence-corrected chi connectivity index (χ0v) is 5.35. The van der Waals surface area contributed by atoms with Gasteiger partial charge in [-0.05, 0) is 20.0 Å². The standard InChI is InChI=1S/C7H13N/c1-3-4-5-6-7-8-2/h3-5,8H,1,6-7H2,2H3/b5-4-. The van der Waals surface area contributed by atoms with Crippen molar-refractivity contribution in [3.63, 3.8) is 0 Å². The van der Waals surface area contributed by atoms with Crippen LogP contribution in [0, 0.1) is 0 Å². The Balaban J connectivity index is 2.91. The summed E-state index contributed by atoms with van der Waals surface area (Å²) in [6.45, 7) is 4.60. The van der Waals surface area contributed by atoms with E-state index in [1.807, 2.05) is 13.1 Å². The first-order chi connectivity index (χ1) is 3.91. The van der Waals surface area contributed by atoms with Crippen molar-refractivity contribution in [3.05, 3.63) is 24.8 Å². The molecule has 0 unspecified atom stereocenters. The van der Waals surface area contributed by atoms with Gasteiger partial charge in [0, 0.05) is 0 Å². The summed E-state index contributed by atoms with van der Waals surface area (Å²) in [7, 11) is 1.95. The Labute approximate surface area is 51.1 Å². The normalized spacial score (nSPS) is 10.1. The molecular weight excluding hydrogens is 98.1 g/mol. The van der Waals surface area contributed by atoms with Crippen molar-refractivity contribution >= 4 is 0 Å². The second kappa shape index (κ2) is 6.44. The lowest BCUT2D eigenvalue weighted by Crippen LogP contribution is -2.05. The molecule has 0 saturated carbocycles. The summed E-state index contributed by atoms with van der Waals surface area (Å²) < 4.78 is 0. The fourth-order valence-corrected chi connectivity index (χ4v) is 0.420. The predicted molar refractivity (Wildman–Crippen MR) is 37.9 cm³/mol. The van der Waals surface area contributed by atoms with Crippen LogP contribution in [0.4, 0.5) is 0 Å². The van der Waals surface area contributed by atoms with Crippen molar-refractivity contribution in [3.8, 4) is 0 Å². The van der Waals surface area contributed by atoms with E-state index in [9.17, 15) is 0 Å². The Morgan fingerprint density at radius 1 is 1.62 bits per heavy atom. The fraction of sp³-hybridized carbons (Fsp3) is 0.429. The molecular formula is C7H13N. The van der Waals surface area contributed by atoms with Gasteiger partial charge in [0.05, 0.1) is 0 Å². The average Bonchev–Trinajstić information content (AvgIpc) is 1.81. The van der Waals surface area contributed by atoms with Crippen LogP contribution in [0.2, 0.25) is 0 Å². The van der Waals surface area contributed by atoms with Crippen LogP contribution >= 0.6 is 0 Å². The summed E-state index contributed by atoms with van der Waals surface area (Å²) in [6.07, 6.45) is 6.92. The van der Waals surface area contributed by atoms with E-state index < -0.39 is 0 Å². The van der Waals surface area contributed by atoms with Crippen molar-refractivity contribution < 1.29 is 0 Å². The molecule has 0 rings (SSSR count). The van der Waals surface area contributed by atoms with Gasteiger partial charge in [-0.2, -0.15) is 0 Å². The van der Waals surface area contributed by atoms with Crippen LogP contribution in [0.1, 0.15) is 6.42 Å². The number of nitrogens with one attached hydrogen (secondary N) is 1. The van der Waals surface area contributed by atoms with E-state index in [0.29, 0.717) is 0 Å². The summed E-state index contributed by atoms with van der Waals surface area (Å²) in [5, 5.41) is 3.04. The second-order valence-electron chi connectivity index (χ2n) is 1.56. The van der Waals surface area contributed by atoms with E-state index in [1.165, 1.54) is 0 Å². The summed E-state index contributed by atoms with van der Waals surface area (Å²) in [5.74, 6) is 0. The van der Waals surface area contributed by atoms with Crippen LogP contribution < -0.4 is 5.32 Å². The first kappa shape index (κ1) is 7.44. The Hall–Kier alpha value is -0.560. The van der Waals surface area contributed by atoms with Crippen molar-refractivity contribution in [2.75, 3.05) is 13.6 Å². The van der Waals surface area contributed by atoms with E-state index in [-0.39, 0.29) is 0 Å². The lowest BCUT2D eigenvalue weighted by atomic mass is 10.4. The lowest BCUT2D eigenvalue weighted by molar-refractivity contribution is 0.808.